The van der Waals surface area contributed by atoms with Crippen LogP contribution in [-0.2, 0) is 0 Å². The van der Waals surface area contributed by atoms with E-state index in [-0.39, 0.29) is 0 Å². The van der Waals surface area contributed by atoms with E-state index in [1.54, 1.807) is 12.4 Å². The van der Waals surface area contributed by atoms with Crippen molar-refractivity contribution in [1.82, 2.24) is 4.98 Å². The molecule has 1 saturated carbocycles. The summed E-state index contributed by atoms with van der Waals surface area (Å²) in [7, 11) is 4.02. The van der Waals surface area contributed by atoms with Crippen LogP contribution in [0.4, 0.5) is 5.69 Å². The molecule has 1 heterocycles. The zero-order valence-electron chi connectivity index (χ0n) is 10.8. The number of nitriles is 1. The van der Waals surface area contributed by atoms with E-state index in [2.05, 4.69) is 11.1 Å². The summed E-state index contributed by atoms with van der Waals surface area (Å²) in [5, 5.41) is 8.44. The molecule has 0 unspecified atom stereocenters. The van der Waals surface area contributed by atoms with Crippen LogP contribution in [-0.4, -0.2) is 19.1 Å². The number of pyridine rings is 1. The van der Waals surface area contributed by atoms with E-state index in [1.165, 1.54) is 24.9 Å². The van der Waals surface area contributed by atoms with Gasteiger partial charge in [-0.3, -0.25) is 4.98 Å². The molecule has 0 atom stereocenters. The van der Waals surface area contributed by atoms with Gasteiger partial charge in [-0.1, -0.05) is 19.3 Å². The maximum atomic E-state index is 8.44. The van der Waals surface area contributed by atoms with Crippen molar-refractivity contribution in [1.29, 1.82) is 5.26 Å². The van der Waals surface area contributed by atoms with Crippen LogP contribution < -0.4 is 4.90 Å². The molecule has 1 aliphatic rings. The molecule has 1 aliphatic carbocycles. The summed E-state index contributed by atoms with van der Waals surface area (Å²) in [6.45, 7) is 0. The molecule has 0 radical (unpaired) electrons. The Morgan fingerprint density at radius 2 is 1.76 bits per heavy atom. The Hall–Kier alpha value is -1.56. The van der Waals surface area contributed by atoms with Crippen molar-refractivity contribution >= 4 is 5.69 Å². The quantitative estimate of drug-likeness (QED) is 0.745. The zero-order valence-corrected chi connectivity index (χ0v) is 10.8. The van der Waals surface area contributed by atoms with Gasteiger partial charge in [0.25, 0.3) is 0 Å². The molecular formula is C14H21N3. The minimum absolute atomic E-state index is 0.392. The van der Waals surface area contributed by atoms with Gasteiger partial charge in [0.1, 0.15) is 0 Å². The fraction of sp³-hybridized carbons (Fsp3) is 0.571. The number of hydrogen-bond acceptors (Lipinski definition) is 3. The van der Waals surface area contributed by atoms with E-state index in [9.17, 15) is 0 Å². The SMILES string of the molecule is CN(C)c1ccncc1.N#CC1CCCCC1. The Morgan fingerprint density at radius 3 is 2.12 bits per heavy atom. The minimum atomic E-state index is 0.392. The first-order chi connectivity index (χ1) is 8.24. The molecule has 0 spiro atoms. The molecule has 1 aromatic heterocycles. The molecule has 3 heteroatoms. The van der Waals surface area contributed by atoms with Gasteiger partial charge in [-0.15, -0.1) is 0 Å². The van der Waals surface area contributed by atoms with Crippen LogP contribution in [0.5, 0.6) is 0 Å². The summed E-state index contributed by atoms with van der Waals surface area (Å²) in [5.74, 6) is 0.392. The molecule has 0 saturated heterocycles. The maximum Gasteiger partial charge on any atom is 0.0655 e. The van der Waals surface area contributed by atoms with E-state index in [0.29, 0.717) is 5.92 Å². The summed E-state index contributed by atoms with van der Waals surface area (Å²) >= 11 is 0. The van der Waals surface area contributed by atoms with Crippen molar-refractivity contribution in [3.63, 3.8) is 0 Å². The lowest BCUT2D eigenvalue weighted by atomic mass is 9.91. The normalized spacial score (nSPS) is 15.4. The predicted molar refractivity (Wildman–Crippen MR) is 70.8 cm³/mol. The molecule has 0 N–H and O–H groups in total. The Kier molecular flexibility index (Phi) is 6.09. The van der Waals surface area contributed by atoms with E-state index < -0.39 is 0 Å². The van der Waals surface area contributed by atoms with Crippen LogP contribution in [0.15, 0.2) is 24.5 Å². The third kappa shape index (κ3) is 5.35. The van der Waals surface area contributed by atoms with E-state index in [4.69, 9.17) is 5.26 Å². The number of rotatable bonds is 1. The average molecular weight is 231 g/mol. The molecule has 1 aromatic rings. The van der Waals surface area contributed by atoms with Crippen LogP contribution in [0.1, 0.15) is 32.1 Å². The summed E-state index contributed by atoms with van der Waals surface area (Å²) in [6, 6.07) is 6.25. The third-order valence-electron chi connectivity index (χ3n) is 2.97. The molecule has 0 amide bonds. The summed E-state index contributed by atoms with van der Waals surface area (Å²) in [6.07, 6.45) is 9.77. The highest BCUT2D eigenvalue weighted by molar-refractivity contribution is 5.42. The standard InChI is InChI=1S/C7H10N2.C7H11N/c1-9(2)7-3-5-8-6-4-7;8-6-7-4-2-1-3-5-7/h3-6H,1-2H3;7H,1-5H2. The number of nitrogens with zero attached hydrogens (tertiary/aromatic N) is 3. The van der Waals surface area contributed by atoms with Gasteiger partial charge in [-0.05, 0) is 25.0 Å². The Bertz CT molecular complexity index is 334. The fourth-order valence-corrected chi connectivity index (χ4v) is 1.87. The van der Waals surface area contributed by atoms with Crippen LogP contribution in [0.25, 0.3) is 0 Å². The molecule has 1 fully saturated rings. The van der Waals surface area contributed by atoms with Crippen molar-refractivity contribution in [3.8, 4) is 6.07 Å². The van der Waals surface area contributed by atoms with Gasteiger partial charge in [0.2, 0.25) is 0 Å². The Morgan fingerprint density at radius 1 is 1.18 bits per heavy atom. The summed E-state index contributed by atoms with van der Waals surface area (Å²) < 4.78 is 0. The second-order valence-electron chi connectivity index (χ2n) is 4.56. The first-order valence-corrected chi connectivity index (χ1v) is 6.21. The summed E-state index contributed by atoms with van der Waals surface area (Å²) in [5.41, 5.74) is 1.19. The lowest BCUT2D eigenvalue weighted by Crippen LogP contribution is -2.07. The Balaban J connectivity index is 0.000000171. The van der Waals surface area contributed by atoms with Crippen molar-refractivity contribution in [2.75, 3.05) is 19.0 Å². The van der Waals surface area contributed by atoms with Gasteiger partial charge in [-0.25, -0.2) is 0 Å². The first-order valence-electron chi connectivity index (χ1n) is 6.21. The molecule has 92 valence electrons. The highest BCUT2D eigenvalue weighted by Crippen LogP contribution is 2.22. The highest BCUT2D eigenvalue weighted by atomic mass is 15.1. The number of aromatic nitrogens is 1. The van der Waals surface area contributed by atoms with Gasteiger partial charge in [-0.2, -0.15) is 5.26 Å². The van der Waals surface area contributed by atoms with Gasteiger partial charge in [0.05, 0.1) is 6.07 Å². The largest absolute Gasteiger partial charge is 0.378 e. The van der Waals surface area contributed by atoms with Crippen molar-refractivity contribution < 1.29 is 0 Å². The lowest BCUT2D eigenvalue weighted by Gasteiger charge is -2.13. The van der Waals surface area contributed by atoms with Gasteiger partial charge in [0, 0.05) is 38.1 Å². The maximum absolute atomic E-state index is 8.44. The second kappa shape index (κ2) is 7.67. The van der Waals surface area contributed by atoms with Crippen molar-refractivity contribution in [3.05, 3.63) is 24.5 Å². The molecule has 2 rings (SSSR count). The van der Waals surface area contributed by atoms with Crippen molar-refractivity contribution in [2.45, 2.75) is 32.1 Å². The third-order valence-corrected chi connectivity index (χ3v) is 2.97. The van der Waals surface area contributed by atoms with Gasteiger partial charge < -0.3 is 4.90 Å². The summed E-state index contributed by atoms with van der Waals surface area (Å²) in [4.78, 5) is 5.94. The van der Waals surface area contributed by atoms with E-state index in [1.807, 2.05) is 31.1 Å². The zero-order chi connectivity index (χ0) is 12.5. The van der Waals surface area contributed by atoms with Gasteiger partial charge in [0.15, 0.2) is 0 Å². The lowest BCUT2D eigenvalue weighted by molar-refractivity contribution is 0.427. The minimum Gasteiger partial charge on any atom is -0.378 e. The van der Waals surface area contributed by atoms with Crippen LogP contribution in [0.2, 0.25) is 0 Å². The fourth-order valence-electron chi connectivity index (χ4n) is 1.87. The topological polar surface area (TPSA) is 39.9 Å². The molecular weight excluding hydrogens is 210 g/mol. The molecule has 0 bridgehead atoms. The first kappa shape index (κ1) is 13.5. The molecule has 0 aliphatic heterocycles. The molecule has 17 heavy (non-hydrogen) atoms. The average Bonchev–Trinajstić information content (AvgIpc) is 2.41. The second-order valence-corrected chi connectivity index (χ2v) is 4.56. The van der Waals surface area contributed by atoms with E-state index in [0.717, 1.165) is 12.8 Å². The van der Waals surface area contributed by atoms with Crippen LogP contribution in [0.3, 0.4) is 0 Å². The van der Waals surface area contributed by atoms with Crippen LogP contribution in [0, 0.1) is 17.2 Å². The number of hydrogen-bond donors (Lipinski definition) is 0. The smallest absolute Gasteiger partial charge is 0.0655 e. The van der Waals surface area contributed by atoms with E-state index >= 15 is 0 Å². The molecule has 3 nitrogen and oxygen atoms in total. The monoisotopic (exact) mass is 231 g/mol. The van der Waals surface area contributed by atoms with Crippen LogP contribution >= 0.6 is 0 Å². The number of anilines is 1. The van der Waals surface area contributed by atoms with Gasteiger partial charge >= 0.3 is 0 Å². The highest BCUT2D eigenvalue weighted by Gasteiger charge is 2.10. The Labute approximate surface area is 104 Å². The van der Waals surface area contributed by atoms with Crippen molar-refractivity contribution in [2.24, 2.45) is 5.92 Å². The predicted octanol–water partition coefficient (Wildman–Crippen LogP) is 3.24. The molecule has 0 aromatic carbocycles.